The van der Waals surface area contributed by atoms with Gasteiger partial charge in [0.15, 0.2) is 0 Å². The number of fused-ring (bicyclic) bond motifs is 1. The molecule has 0 aliphatic carbocycles. The number of piperidine rings is 2. The molecule has 0 amide bonds. The molecular weight excluding hydrogens is 204 g/mol. The molecule has 0 aromatic rings. The second-order valence-corrected chi connectivity index (χ2v) is 5.91. The van der Waals surface area contributed by atoms with Gasteiger partial charge in [0.1, 0.15) is 6.10 Å². The van der Waals surface area contributed by atoms with Crippen LogP contribution in [0.2, 0.25) is 0 Å². The quantitative estimate of drug-likeness (QED) is 0.595. The van der Waals surface area contributed by atoms with E-state index in [4.69, 9.17) is 4.74 Å². The summed E-state index contributed by atoms with van der Waals surface area (Å²) in [6.07, 6.45) is 0.135. The summed E-state index contributed by atoms with van der Waals surface area (Å²) in [6, 6.07) is 0. The summed E-state index contributed by atoms with van der Waals surface area (Å²) in [5, 5.41) is 0. The smallest absolute Gasteiger partial charge is 0.302 e. The van der Waals surface area contributed by atoms with E-state index in [1.807, 2.05) is 0 Å². The zero-order valence-electron chi connectivity index (χ0n) is 10.1. The van der Waals surface area contributed by atoms with Crippen molar-refractivity contribution in [1.29, 1.82) is 0 Å². The highest BCUT2D eigenvalue weighted by atomic mass is 16.5. The van der Waals surface area contributed by atoms with Crippen molar-refractivity contribution in [3.63, 3.8) is 0 Å². The van der Waals surface area contributed by atoms with Crippen LogP contribution in [0.15, 0.2) is 0 Å². The van der Waals surface area contributed by atoms with Crippen molar-refractivity contribution in [2.24, 2.45) is 11.3 Å². The Balaban J connectivity index is 1.89. The molecule has 4 heteroatoms. The lowest BCUT2D eigenvalue weighted by Crippen LogP contribution is -2.63. The number of nitrogens with zero attached hydrogens (tertiary/aromatic N) is 2. The first-order valence-corrected chi connectivity index (χ1v) is 6.19. The fourth-order valence-corrected chi connectivity index (χ4v) is 3.90. The molecule has 4 bridgehead atoms. The van der Waals surface area contributed by atoms with Crippen molar-refractivity contribution >= 4 is 5.97 Å². The lowest BCUT2D eigenvalue weighted by molar-refractivity contribution is -0.173. The van der Waals surface area contributed by atoms with Crippen LogP contribution in [-0.4, -0.2) is 61.1 Å². The topological polar surface area (TPSA) is 32.8 Å². The van der Waals surface area contributed by atoms with Crippen molar-refractivity contribution < 1.29 is 9.53 Å². The fraction of sp³-hybridized carbons (Fsp3) is 0.917. The molecular formula is C12H20N2O2. The van der Waals surface area contributed by atoms with Gasteiger partial charge in [-0.15, -0.1) is 0 Å². The van der Waals surface area contributed by atoms with Crippen LogP contribution in [0.25, 0.3) is 0 Å². The third-order valence-corrected chi connectivity index (χ3v) is 4.30. The van der Waals surface area contributed by atoms with E-state index in [2.05, 4.69) is 16.7 Å². The van der Waals surface area contributed by atoms with Gasteiger partial charge in [0.25, 0.3) is 0 Å². The lowest BCUT2D eigenvalue weighted by atomic mass is 9.71. The maximum atomic E-state index is 11.2. The zero-order chi connectivity index (χ0) is 11.3. The first-order chi connectivity index (χ1) is 7.57. The van der Waals surface area contributed by atoms with Crippen LogP contribution in [0, 0.1) is 11.3 Å². The Kier molecular flexibility index (Phi) is 2.27. The molecule has 3 atom stereocenters. The van der Waals surface area contributed by atoms with Gasteiger partial charge in [-0.25, -0.2) is 0 Å². The van der Waals surface area contributed by atoms with E-state index in [1.165, 1.54) is 20.0 Å². The molecule has 0 radical (unpaired) electrons. The standard InChI is InChI=1S/C12H20N2O2/c1-9(15)16-11-10-5-13-3-4-14(6-10)8-12(11,2)7-13/h10-11H,3-8H2,1-2H3/t10?,11-,12?/m1/s1. The highest BCUT2D eigenvalue weighted by Gasteiger charge is 2.53. The Morgan fingerprint density at radius 1 is 1.25 bits per heavy atom. The molecule has 0 aromatic heterocycles. The van der Waals surface area contributed by atoms with E-state index in [0.717, 1.165) is 26.2 Å². The zero-order valence-corrected chi connectivity index (χ0v) is 10.1. The number of hydrogen-bond donors (Lipinski definition) is 0. The van der Waals surface area contributed by atoms with Gasteiger partial charge in [0, 0.05) is 57.5 Å². The highest BCUT2D eigenvalue weighted by molar-refractivity contribution is 5.66. The minimum atomic E-state index is -0.123. The fourth-order valence-electron chi connectivity index (χ4n) is 3.90. The van der Waals surface area contributed by atoms with Gasteiger partial charge in [0.2, 0.25) is 0 Å². The van der Waals surface area contributed by atoms with E-state index < -0.39 is 0 Å². The maximum absolute atomic E-state index is 11.2. The molecule has 4 nitrogen and oxygen atoms in total. The first kappa shape index (κ1) is 10.5. The van der Waals surface area contributed by atoms with Gasteiger partial charge in [0.05, 0.1) is 0 Å². The van der Waals surface area contributed by atoms with E-state index in [0.29, 0.717) is 5.92 Å². The number of ether oxygens (including phenoxy) is 1. The van der Waals surface area contributed by atoms with Crippen LogP contribution in [0.5, 0.6) is 0 Å². The largest absolute Gasteiger partial charge is 0.461 e. The molecule has 16 heavy (non-hydrogen) atoms. The predicted octanol–water partition coefficient (Wildman–Crippen LogP) is 0.185. The van der Waals surface area contributed by atoms with Gasteiger partial charge < -0.3 is 14.5 Å². The first-order valence-electron chi connectivity index (χ1n) is 6.19. The maximum Gasteiger partial charge on any atom is 0.302 e. The number of carbonyl (C=O) groups is 1. The Morgan fingerprint density at radius 3 is 2.25 bits per heavy atom. The van der Waals surface area contributed by atoms with Gasteiger partial charge in [-0.2, -0.15) is 0 Å². The van der Waals surface area contributed by atoms with Gasteiger partial charge in [-0.1, -0.05) is 6.92 Å². The molecule has 4 heterocycles. The summed E-state index contributed by atoms with van der Waals surface area (Å²) in [7, 11) is 0. The van der Waals surface area contributed by atoms with Crippen molar-refractivity contribution in [3.8, 4) is 0 Å². The number of carbonyl (C=O) groups excluding carboxylic acids is 1. The molecule has 4 rings (SSSR count). The van der Waals surface area contributed by atoms with Gasteiger partial charge >= 0.3 is 5.97 Å². The van der Waals surface area contributed by atoms with Crippen molar-refractivity contribution in [1.82, 2.24) is 9.80 Å². The van der Waals surface area contributed by atoms with E-state index >= 15 is 0 Å². The molecule has 90 valence electrons. The van der Waals surface area contributed by atoms with Crippen LogP contribution in [-0.2, 0) is 9.53 Å². The number of hydrogen-bond acceptors (Lipinski definition) is 4. The predicted molar refractivity (Wildman–Crippen MR) is 60.0 cm³/mol. The second kappa shape index (κ2) is 3.44. The van der Waals surface area contributed by atoms with E-state index in [-0.39, 0.29) is 17.5 Å². The van der Waals surface area contributed by atoms with Crippen molar-refractivity contribution in [3.05, 3.63) is 0 Å². The molecule has 4 saturated heterocycles. The van der Waals surface area contributed by atoms with E-state index in [9.17, 15) is 4.79 Å². The Morgan fingerprint density at radius 2 is 1.81 bits per heavy atom. The third kappa shape index (κ3) is 1.55. The average molecular weight is 224 g/mol. The van der Waals surface area contributed by atoms with Crippen LogP contribution in [0.3, 0.4) is 0 Å². The molecule has 0 aromatic carbocycles. The molecule has 0 saturated carbocycles. The molecule has 0 N–H and O–H groups in total. The third-order valence-electron chi connectivity index (χ3n) is 4.30. The summed E-state index contributed by atoms with van der Waals surface area (Å²) in [5.74, 6) is 0.390. The van der Waals surface area contributed by atoms with Crippen LogP contribution < -0.4 is 0 Å². The van der Waals surface area contributed by atoms with Crippen molar-refractivity contribution in [2.75, 3.05) is 39.3 Å². The molecule has 4 fully saturated rings. The summed E-state index contributed by atoms with van der Waals surface area (Å²) in [4.78, 5) is 16.3. The Hall–Kier alpha value is -0.610. The molecule has 4 aliphatic rings. The second-order valence-electron chi connectivity index (χ2n) is 5.91. The van der Waals surface area contributed by atoms with Gasteiger partial charge in [-0.05, 0) is 0 Å². The Labute approximate surface area is 96.5 Å². The minimum absolute atomic E-state index is 0.123. The monoisotopic (exact) mass is 224 g/mol. The summed E-state index contributed by atoms with van der Waals surface area (Å²) in [6.45, 7) is 10.5. The summed E-state index contributed by atoms with van der Waals surface area (Å²) in [5.41, 5.74) is 0.142. The normalized spacial score (nSPS) is 50.1. The number of esters is 1. The Bertz CT molecular complexity index is 302. The minimum Gasteiger partial charge on any atom is -0.461 e. The van der Waals surface area contributed by atoms with Gasteiger partial charge in [-0.3, -0.25) is 4.79 Å². The molecule has 2 unspecified atom stereocenters. The number of rotatable bonds is 1. The van der Waals surface area contributed by atoms with Crippen LogP contribution in [0.1, 0.15) is 13.8 Å². The molecule has 0 spiro atoms. The summed E-state index contributed by atoms with van der Waals surface area (Å²) >= 11 is 0. The van der Waals surface area contributed by atoms with E-state index in [1.54, 1.807) is 0 Å². The summed E-state index contributed by atoms with van der Waals surface area (Å²) < 4.78 is 5.59. The van der Waals surface area contributed by atoms with Crippen LogP contribution >= 0.6 is 0 Å². The highest BCUT2D eigenvalue weighted by Crippen LogP contribution is 2.42. The SMILES string of the molecule is CC(=O)O[C@@H]1C2CN3CCN(C2)CC1(C)C3. The lowest BCUT2D eigenvalue weighted by Gasteiger charge is -2.52. The molecule has 4 aliphatic heterocycles. The van der Waals surface area contributed by atoms with Crippen LogP contribution in [0.4, 0.5) is 0 Å². The van der Waals surface area contributed by atoms with Crippen molar-refractivity contribution in [2.45, 2.75) is 20.0 Å². The average Bonchev–Trinajstić information content (AvgIpc) is 2.39.